The van der Waals surface area contributed by atoms with Gasteiger partial charge in [0.25, 0.3) is 0 Å². The predicted octanol–water partition coefficient (Wildman–Crippen LogP) is 2.60. The lowest BCUT2D eigenvalue weighted by Gasteiger charge is -2.16. The van der Waals surface area contributed by atoms with Crippen LogP contribution in [0.2, 0.25) is 0 Å². The van der Waals surface area contributed by atoms with Crippen molar-refractivity contribution in [1.29, 1.82) is 0 Å². The standard InChI is InChI=1S/C18H15N3O3/c19-15(22)11-1-3-12(4-2-11)18(7-8-18)17(23)21-16-13-6-10-24-14(13)5-9-20-16/h1-6,9-10H,7-8H2,(H2,19,22)(H,20,21,23). The van der Waals surface area contributed by atoms with E-state index in [1.807, 2.05) is 0 Å². The molecule has 120 valence electrons. The molecule has 1 aliphatic carbocycles. The molecule has 0 atom stereocenters. The maximum Gasteiger partial charge on any atom is 0.248 e. The number of primary amides is 1. The van der Waals surface area contributed by atoms with Crippen molar-refractivity contribution in [1.82, 2.24) is 4.98 Å². The molecule has 0 saturated heterocycles. The number of nitrogens with one attached hydrogen (secondary N) is 1. The van der Waals surface area contributed by atoms with Gasteiger partial charge < -0.3 is 15.5 Å². The molecule has 1 fully saturated rings. The number of carbonyl (C=O) groups excluding carboxylic acids is 2. The van der Waals surface area contributed by atoms with Gasteiger partial charge in [-0.1, -0.05) is 12.1 Å². The summed E-state index contributed by atoms with van der Waals surface area (Å²) in [5, 5.41) is 3.68. The molecule has 0 radical (unpaired) electrons. The minimum atomic E-state index is -0.566. The zero-order chi connectivity index (χ0) is 16.7. The van der Waals surface area contributed by atoms with Crippen LogP contribution in [0.25, 0.3) is 11.0 Å². The van der Waals surface area contributed by atoms with E-state index in [0.717, 1.165) is 23.8 Å². The highest BCUT2D eigenvalue weighted by molar-refractivity contribution is 6.05. The van der Waals surface area contributed by atoms with Crippen LogP contribution in [0.3, 0.4) is 0 Å². The molecule has 2 heterocycles. The molecule has 1 aliphatic rings. The van der Waals surface area contributed by atoms with E-state index in [1.165, 1.54) is 0 Å². The van der Waals surface area contributed by atoms with Crippen molar-refractivity contribution in [3.05, 3.63) is 60.0 Å². The third kappa shape index (κ3) is 2.23. The molecule has 3 aromatic rings. The number of carbonyl (C=O) groups is 2. The van der Waals surface area contributed by atoms with E-state index < -0.39 is 11.3 Å². The summed E-state index contributed by atoms with van der Waals surface area (Å²) >= 11 is 0. The number of nitrogens with zero attached hydrogens (tertiary/aromatic N) is 1. The number of rotatable bonds is 4. The number of nitrogens with two attached hydrogens (primary N) is 1. The largest absolute Gasteiger partial charge is 0.464 e. The van der Waals surface area contributed by atoms with Crippen LogP contribution in [0.5, 0.6) is 0 Å². The number of pyridine rings is 1. The number of amides is 2. The van der Waals surface area contributed by atoms with Gasteiger partial charge in [0.2, 0.25) is 11.8 Å². The van der Waals surface area contributed by atoms with Crippen LogP contribution in [-0.2, 0) is 10.2 Å². The second-order valence-corrected chi connectivity index (χ2v) is 5.97. The third-order valence-electron chi connectivity index (χ3n) is 4.52. The summed E-state index contributed by atoms with van der Waals surface area (Å²) in [4.78, 5) is 28.2. The monoisotopic (exact) mass is 321 g/mol. The minimum absolute atomic E-state index is 0.101. The number of hydrogen-bond donors (Lipinski definition) is 2. The van der Waals surface area contributed by atoms with Crippen LogP contribution in [0, 0.1) is 0 Å². The number of furan rings is 1. The summed E-state index contributed by atoms with van der Waals surface area (Å²) < 4.78 is 5.33. The Morgan fingerprint density at radius 1 is 1.12 bits per heavy atom. The van der Waals surface area contributed by atoms with Gasteiger partial charge in [0.05, 0.1) is 17.1 Å². The Kier molecular flexibility index (Phi) is 3.13. The van der Waals surface area contributed by atoms with Crippen molar-refractivity contribution in [2.45, 2.75) is 18.3 Å². The van der Waals surface area contributed by atoms with Crippen molar-refractivity contribution in [2.24, 2.45) is 5.73 Å². The molecule has 0 unspecified atom stereocenters. The third-order valence-corrected chi connectivity index (χ3v) is 4.52. The van der Waals surface area contributed by atoms with E-state index in [1.54, 1.807) is 48.9 Å². The Bertz CT molecular complexity index is 940. The minimum Gasteiger partial charge on any atom is -0.464 e. The van der Waals surface area contributed by atoms with Crippen LogP contribution in [0.1, 0.15) is 28.8 Å². The maximum atomic E-state index is 12.8. The van der Waals surface area contributed by atoms with E-state index in [-0.39, 0.29) is 5.91 Å². The van der Waals surface area contributed by atoms with E-state index in [4.69, 9.17) is 10.2 Å². The molecule has 6 nitrogen and oxygen atoms in total. The first-order valence-electron chi connectivity index (χ1n) is 7.64. The highest BCUT2D eigenvalue weighted by Gasteiger charge is 2.51. The normalized spacial score (nSPS) is 15.2. The molecule has 24 heavy (non-hydrogen) atoms. The van der Waals surface area contributed by atoms with E-state index >= 15 is 0 Å². The van der Waals surface area contributed by atoms with Crippen LogP contribution < -0.4 is 11.1 Å². The van der Waals surface area contributed by atoms with Gasteiger partial charge in [0.15, 0.2) is 0 Å². The van der Waals surface area contributed by atoms with E-state index in [9.17, 15) is 9.59 Å². The molecule has 3 N–H and O–H groups in total. The van der Waals surface area contributed by atoms with Gasteiger partial charge in [-0.15, -0.1) is 0 Å². The fourth-order valence-corrected chi connectivity index (χ4v) is 2.95. The van der Waals surface area contributed by atoms with Crippen molar-refractivity contribution < 1.29 is 14.0 Å². The van der Waals surface area contributed by atoms with Gasteiger partial charge in [0.1, 0.15) is 11.4 Å². The summed E-state index contributed by atoms with van der Waals surface area (Å²) in [5.41, 5.74) is 6.68. The van der Waals surface area contributed by atoms with Crippen LogP contribution in [-0.4, -0.2) is 16.8 Å². The van der Waals surface area contributed by atoms with Gasteiger partial charge >= 0.3 is 0 Å². The average Bonchev–Trinajstić information content (AvgIpc) is 3.26. The fourth-order valence-electron chi connectivity index (χ4n) is 2.95. The Hall–Kier alpha value is -3.15. The average molecular weight is 321 g/mol. The van der Waals surface area contributed by atoms with Crippen molar-refractivity contribution in [3.63, 3.8) is 0 Å². The highest BCUT2D eigenvalue weighted by atomic mass is 16.3. The molecule has 0 spiro atoms. The maximum absolute atomic E-state index is 12.8. The Morgan fingerprint density at radius 2 is 1.88 bits per heavy atom. The molecular weight excluding hydrogens is 306 g/mol. The number of hydrogen-bond acceptors (Lipinski definition) is 4. The first-order chi connectivity index (χ1) is 11.6. The number of aromatic nitrogens is 1. The van der Waals surface area contributed by atoms with E-state index in [0.29, 0.717) is 17.0 Å². The first-order valence-corrected chi connectivity index (χ1v) is 7.64. The topological polar surface area (TPSA) is 98.2 Å². The van der Waals surface area contributed by atoms with Gasteiger partial charge in [0, 0.05) is 11.8 Å². The molecule has 6 heteroatoms. The quantitative estimate of drug-likeness (QED) is 0.771. The Labute approximate surface area is 137 Å². The van der Waals surface area contributed by atoms with Crippen LogP contribution >= 0.6 is 0 Å². The van der Waals surface area contributed by atoms with Gasteiger partial charge in [-0.25, -0.2) is 4.98 Å². The smallest absolute Gasteiger partial charge is 0.248 e. The van der Waals surface area contributed by atoms with Crippen molar-refractivity contribution >= 4 is 28.6 Å². The Morgan fingerprint density at radius 3 is 2.54 bits per heavy atom. The molecular formula is C18H15N3O3. The number of benzene rings is 1. The van der Waals surface area contributed by atoms with Crippen molar-refractivity contribution in [3.8, 4) is 0 Å². The van der Waals surface area contributed by atoms with Crippen LogP contribution in [0.15, 0.2) is 53.3 Å². The number of fused-ring (bicyclic) bond motifs is 1. The fraction of sp³-hybridized carbons (Fsp3) is 0.167. The van der Waals surface area contributed by atoms with Gasteiger partial charge in [-0.3, -0.25) is 9.59 Å². The summed E-state index contributed by atoms with van der Waals surface area (Å²) in [6.07, 6.45) is 4.69. The molecule has 1 saturated carbocycles. The summed E-state index contributed by atoms with van der Waals surface area (Å²) in [7, 11) is 0. The van der Waals surface area contributed by atoms with Crippen molar-refractivity contribution in [2.75, 3.05) is 5.32 Å². The molecule has 0 aliphatic heterocycles. The van der Waals surface area contributed by atoms with Gasteiger partial charge in [-0.2, -0.15) is 0 Å². The lowest BCUT2D eigenvalue weighted by atomic mass is 9.94. The first kappa shape index (κ1) is 14.4. The molecule has 4 rings (SSSR count). The summed E-state index contributed by atoms with van der Waals surface area (Å²) in [6.45, 7) is 0. The SMILES string of the molecule is NC(=O)c1ccc(C2(C(=O)Nc3nccc4occc34)CC2)cc1. The molecule has 1 aromatic carbocycles. The predicted molar refractivity (Wildman–Crippen MR) is 88.5 cm³/mol. The lowest BCUT2D eigenvalue weighted by Crippen LogP contribution is -2.28. The van der Waals surface area contributed by atoms with Crippen LogP contribution in [0.4, 0.5) is 5.82 Å². The summed E-state index contributed by atoms with van der Waals surface area (Å²) in [6, 6.07) is 10.4. The summed E-state index contributed by atoms with van der Waals surface area (Å²) in [5.74, 6) is -0.0894. The second-order valence-electron chi connectivity index (χ2n) is 5.97. The Balaban J connectivity index is 1.62. The van der Waals surface area contributed by atoms with E-state index in [2.05, 4.69) is 10.3 Å². The van der Waals surface area contributed by atoms with Gasteiger partial charge in [-0.05, 0) is 42.7 Å². The molecule has 0 bridgehead atoms. The second kappa shape index (κ2) is 5.19. The lowest BCUT2D eigenvalue weighted by molar-refractivity contribution is -0.118. The highest BCUT2D eigenvalue weighted by Crippen LogP contribution is 2.49. The molecule has 2 aromatic heterocycles. The zero-order valence-corrected chi connectivity index (χ0v) is 12.8. The number of anilines is 1. The molecule has 2 amide bonds. The zero-order valence-electron chi connectivity index (χ0n) is 12.8.